The van der Waals surface area contributed by atoms with Crippen molar-refractivity contribution in [2.24, 2.45) is 12.8 Å². The van der Waals surface area contributed by atoms with Crippen LogP contribution in [0.3, 0.4) is 0 Å². The molecular weight excluding hydrogens is 398 g/mol. The first-order valence-electron chi connectivity index (χ1n) is 9.80. The van der Waals surface area contributed by atoms with Gasteiger partial charge in [0.05, 0.1) is 18.4 Å². The van der Waals surface area contributed by atoms with Crippen molar-refractivity contribution in [3.63, 3.8) is 0 Å². The van der Waals surface area contributed by atoms with Crippen LogP contribution in [0.25, 0.3) is 11.4 Å². The number of hydrogen-bond acceptors (Lipinski definition) is 7. The van der Waals surface area contributed by atoms with Crippen LogP contribution >= 0.6 is 0 Å². The van der Waals surface area contributed by atoms with Gasteiger partial charge in [-0.25, -0.2) is 9.97 Å². The molecule has 0 unspecified atom stereocenters. The topological polar surface area (TPSA) is 139 Å². The smallest absolute Gasteiger partial charge is 0.270 e. The molecule has 0 bridgehead atoms. The number of amides is 2. The maximum absolute atomic E-state index is 12.7. The number of carbonyl (C=O) groups is 2. The van der Waals surface area contributed by atoms with E-state index in [0.717, 1.165) is 11.1 Å². The van der Waals surface area contributed by atoms with Crippen molar-refractivity contribution in [3.05, 3.63) is 59.0 Å². The first-order chi connectivity index (χ1) is 14.8. The number of nitrogens with two attached hydrogens (primary N) is 1. The van der Waals surface area contributed by atoms with Gasteiger partial charge in [-0.2, -0.15) is 5.10 Å². The molecule has 3 heterocycles. The summed E-state index contributed by atoms with van der Waals surface area (Å²) in [6.07, 6.45) is 3.41. The van der Waals surface area contributed by atoms with Gasteiger partial charge in [-0.05, 0) is 30.2 Å². The Morgan fingerprint density at radius 2 is 2.00 bits per heavy atom. The minimum Gasteiger partial charge on any atom is -0.394 e. The number of carbonyl (C=O) groups excluding carboxylic acids is 2. The predicted molar refractivity (Wildman–Crippen MR) is 113 cm³/mol. The lowest BCUT2D eigenvalue weighted by molar-refractivity contribution is 0.0916. The summed E-state index contributed by atoms with van der Waals surface area (Å²) in [7, 11) is 1.79. The Labute approximate surface area is 178 Å². The molecule has 1 aromatic carbocycles. The van der Waals surface area contributed by atoms with E-state index in [1.54, 1.807) is 49.2 Å². The Bertz CT molecular complexity index is 1160. The molecule has 1 aliphatic rings. The van der Waals surface area contributed by atoms with Gasteiger partial charge in [0.25, 0.3) is 5.91 Å². The molecule has 1 atom stereocenters. The minimum atomic E-state index is -0.473. The zero-order valence-electron chi connectivity index (χ0n) is 17.2. The molecule has 0 spiro atoms. The number of primary amides is 1. The Hall–Kier alpha value is -3.79. The fourth-order valence-electron chi connectivity index (χ4n) is 3.43. The number of benzene rings is 1. The fourth-order valence-corrected chi connectivity index (χ4v) is 3.43. The molecule has 2 amide bonds. The summed E-state index contributed by atoms with van der Waals surface area (Å²) >= 11 is 0. The molecule has 160 valence electrons. The largest absolute Gasteiger partial charge is 0.394 e. The van der Waals surface area contributed by atoms with Crippen molar-refractivity contribution in [1.29, 1.82) is 0 Å². The third-order valence-corrected chi connectivity index (χ3v) is 5.10. The number of anilines is 1. The quantitative estimate of drug-likeness (QED) is 0.530. The highest BCUT2D eigenvalue weighted by atomic mass is 16.3. The van der Waals surface area contributed by atoms with E-state index >= 15 is 0 Å². The molecule has 10 heteroatoms. The summed E-state index contributed by atoms with van der Waals surface area (Å²) in [6.45, 7) is 2.62. The molecule has 0 saturated heterocycles. The lowest BCUT2D eigenvalue weighted by atomic mass is 10.1. The lowest BCUT2D eigenvalue weighted by Gasteiger charge is -2.18. The molecule has 0 fully saturated rings. The van der Waals surface area contributed by atoms with E-state index in [4.69, 9.17) is 5.73 Å². The van der Waals surface area contributed by atoms with Gasteiger partial charge in [0.2, 0.25) is 5.91 Å². The zero-order valence-corrected chi connectivity index (χ0v) is 17.2. The average Bonchev–Trinajstić information content (AvgIpc) is 3.38. The summed E-state index contributed by atoms with van der Waals surface area (Å²) in [5, 5.41) is 16.1. The van der Waals surface area contributed by atoms with Gasteiger partial charge in [-0.15, -0.1) is 0 Å². The Balaban J connectivity index is 1.70. The number of aryl methyl sites for hydroxylation is 1. The van der Waals surface area contributed by atoms with Gasteiger partial charge in [0, 0.05) is 44.0 Å². The number of aliphatic hydroxyl groups is 1. The van der Waals surface area contributed by atoms with Crippen LogP contribution in [0.1, 0.15) is 38.9 Å². The number of hydrogen-bond donors (Lipinski definition) is 3. The highest BCUT2D eigenvalue weighted by molar-refractivity contribution is 5.94. The minimum absolute atomic E-state index is 0.178. The predicted octanol–water partition coefficient (Wildman–Crippen LogP) is 0.607. The Morgan fingerprint density at radius 1 is 1.23 bits per heavy atom. The van der Waals surface area contributed by atoms with Gasteiger partial charge in [-0.1, -0.05) is 6.07 Å². The number of aliphatic hydroxyl groups excluding tert-OH is 1. The second-order valence-electron chi connectivity index (χ2n) is 7.60. The molecular formula is C21H23N7O3. The summed E-state index contributed by atoms with van der Waals surface area (Å²) in [5.74, 6) is 0.0795. The third kappa shape index (κ3) is 4.24. The molecule has 1 aliphatic heterocycles. The van der Waals surface area contributed by atoms with E-state index in [2.05, 4.69) is 20.4 Å². The molecule has 0 saturated carbocycles. The van der Waals surface area contributed by atoms with E-state index in [-0.39, 0.29) is 12.3 Å². The summed E-state index contributed by atoms with van der Waals surface area (Å²) in [4.78, 5) is 35.3. The van der Waals surface area contributed by atoms with E-state index in [0.29, 0.717) is 35.9 Å². The molecule has 2 aromatic heterocycles. The van der Waals surface area contributed by atoms with Crippen molar-refractivity contribution in [2.45, 2.75) is 26.1 Å². The van der Waals surface area contributed by atoms with E-state index in [1.165, 1.54) is 0 Å². The van der Waals surface area contributed by atoms with Crippen molar-refractivity contribution in [2.75, 3.05) is 11.5 Å². The van der Waals surface area contributed by atoms with Gasteiger partial charge in [0.1, 0.15) is 11.5 Å². The van der Waals surface area contributed by atoms with E-state index < -0.39 is 17.9 Å². The maximum Gasteiger partial charge on any atom is 0.270 e. The average molecular weight is 421 g/mol. The van der Waals surface area contributed by atoms with Crippen molar-refractivity contribution in [1.82, 2.24) is 25.1 Å². The number of rotatable bonds is 6. The monoisotopic (exact) mass is 421 g/mol. The molecule has 0 radical (unpaired) electrons. The second kappa shape index (κ2) is 8.15. The lowest BCUT2D eigenvalue weighted by Crippen LogP contribution is -2.35. The molecule has 0 aliphatic carbocycles. The second-order valence-corrected chi connectivity index (χ2v) is 7.60. The number of aromatic nitrogens is 4. The van der Waals surface area contributed by atoms with Gasteiger partial charge < -0.3 is 21.1 Å². The van der Waals surface area contributed by atoms with Crippen molar-refractivity contribution < 1.29 is 14.7 Å². The molecule has 4 N–H and O–H groups in total. The van der Waals surface area contributed by atoms with Crippen LogP contribution in [0.2, 0.25) is 0 Å². The maximum atomic E-state index is 12.7. The molecule has 4 rings (SSSR count). The Morgan fingerprint density at radius 3 is 2.68 bits per heavy atom. The molecule has 31 heavy (non-hydrogen) atoms. The molecule has 10 nitrogen and oxygen atoms in total. The van der Waals surface area contributed by atoms with Crippen LogP contribution in [-0.2, 0) is 20.1 Å². The van der Waals surface area contributed by atoms with Gasteiger partial charge in [0.15, 0.2) is 5.82 Å². The molecule has 3 aromatic rings. The van der Waals surface area contributed by atoms with Crippen LogP contribution in [0.15, 0.2) is 36.7 Å². The highest BCUT2D eigenvalue weighted by Crippen LogP contribution is 2.29. The number of nitrogens with zero attached hydrogens (tertiary/aromatic N) is 5. The van der Waals surface area contributed by atoms with Crippen LogP contribution in [-0.4, -0.2) is 49.3 Å². The first kappa shape index (κ1) is 20.5. The van der Waals surface area contributed by atoms with Crippen LogP contribution in [0.4, 0.5) is 5.82 Å². The highest BCUT2D eigenvalue weighted by Gasteiger charge is 2.24. The summed E-state index contributed by atoms with van der Waals surface area (Å²) in [6, 6.07) is 6.60. The number of fused-ring (bicyclic) bond motifs is 1. The fraction of sp³-hybridized carbons (Fsp3) is 0.286. The van der Waals surface area contributed by atoms with Gasteiger partial charge in [-0.3, -0.25) is 14.3 Å². The number of nitrogens with one attached hydrogen (secondary N) is 1. The standard InChI is InChI=1S/C21H23N7O3/c1-12(11-29)24-21(31)17-6-18(26-20(25-17)16-7-23-27(2)8-16)28-9-14-4-3-13(19(22)30)5-15(14)10-28/h3-8,12,29H,9-11H2,1-2H3,(H2,22,30)(H,24,31)/t12-/m0/s1. The third-order valence-electron chi connectivity index (χ3n) is 5.10. The van der Waals surface area contributed by atoms with Crippen molar-refractivity contribution >= 4 is 17.6 Å². The van der Waals surface area contributed by atoms with Gasteiger partial charge >= 0.3 is 0 Å². The van der Waals surface area contributed by atoms with E-state index in [9.17, 15) is 14.7 Å². The normalized spacial score (nSPS) is 13.7. The van der Waals surface area contributed by atoms with Crippen LogP contribution < -0.4 is 16.0 Å². The van der Waals surface area contributed by atoms with E-state index in [1.807, 2.05) is 11.0 Å². The summed E-state index contributed by atoms with van der Waals surface area (Å²) in [5.41, 5.74) is 8.78. The van der Waals surface area contributed by atoms with Crippen molar-refractivity contribution in [3.8, 4) is 11.4 Å². The zero-order chi connectivity index (χ0) is 22.1. The van der Waals surface area contributed by atoms with Crippen LogP contribution in [0.5, 0.6) is 0 Å². The SMILES string of the molecule is C[C@@H](CO)NC(=O)c1cc(N2Cc3ccc(C(N)=O)cc3C2)nc(-c2cnn(C)c2)n1. The summed E-state index contributed by atoms with van der Waals surface area (Å²) < 4.78 is 1.63. The Kier molecular flexibility index (Phi) is 5.38. The van der Waals surface area contributed by atoms with Crippen LogP contribution in [0, 0.1) is 0 Å². The first-order valence-corrected chi connectivity index (χ1v) is 9.80.